The first kappa shape index (κ1) is 19.2. The van der Waals surface area contributed by atoms with Crippen LogP contribution >= 0.6 is 12.2 Å². The Morgan fingerprint density at radius 3 is 2.22 bits per heavy atom. The number of nitrogens with one attached hydrogen (secondary N) is 2. The molecule has 2 bridgehead atoms. The summed E-state index contributed by atoms with van der Waals surface area (Å²) in [4.78, 5) is 2.95. The second kappa shape index (κ2) is 8.48. The third-order valence-corrected chi connectivity index (χ3v) is 7.35. The molecule has 2 atom stereocenters. The molecule has 3 nitrogen and oxygen atoms in total. The van der Waals surface area contributed by atoms with Gasteiger partial charge in [-0.2, -0.15) is 0 Å². The lowest BCUT2D eigenvalue weighted by Crippen LogP contribution is -2.60. The fourth-order valence-electron chi connectivity index (χ4n) is 5.68. The molecule has 3 aliphatic rings. The van der Waals surface area contributed by atoms with E-state index >= 15 is 0 Å². The summed E-state index contributed by atoms with van der Waals surface area (Å²) in [6.45, 7) is 4.30. The molecule has 0 spiro atoms. The monoisotopic (exact) mass is 385 g/mol. The minimum absolute atomic E-state index is 0.520. The van der Waals surface area contributed by atoms with Gasteiger partial charge in [-0.05, 0) is 87.8 Å². The average Bonchev–Trinajstić information content (AvgIpc) is 2.65. The maximum absolute atomic E-state index is 5.64. The van der Waals surface area contributed by atoms with Crippen LogP contribution in [0.25, 0.3) is 0 Å². The van der Waals surface area contributed by atoms with Crippen molar-refractivity contribution in [2.45, 2.75) is 102 Å². The molecular formula is C23H35N3S. The summed E-state index contributed by atoms with van der Waals surface area (Å²) in [5.74, 6) is 0. The predicted molar refractivity (Wildman–Crippen MR) is 118 cm³/mol. The second-order valence-corrected chi connectivity index (χ2v) is 9.45. The summed E-state index contributed by atoms with van der Waals surface area (Å²) in [6.07, 6.45) is 13.8. The Labute approximate surface area is 170 Å². The Kier molecular flexibility index (Phi) is 6.03. The molecule has 1 aromatic rings. The molecule has 0 aromatic heterocycles. The first-order valence-corrected chi connectivity index (χ1v) is 11.4. The van der Waals surface area contributed by atoms with Gasteiger partial charge in [0.25, 0.3) is 0 Å². The molecule has 2 heterocycles. The minimum Gasteiger partial charge on any atom is -0.360 e. The third kappa shape index (κ3) is 4.48. The van der Waals surface area contributed by atoms with Crippen molar-refractivity contribution in [3.8, 4) is 0 Å². The van der Waals surface area contributed by atoms with Crippen LogP contribution in [0, 0.1) is 13.8 Å². The fraction of sp³-hybridized carbons (Fsp3) is 0.696. The molecule has 0 amide bonds. The van der Waals surface area contributed by atoms with Crippen molar-refractivity contribution in [1.29, 1.82) is 0 Å². The van der Waals surface area contributed by atoms with Crippen LogP contribution in [0.2, 0.25) is 0 Å². The molecule has 2 aliphatic heterocycles. The maximum atomic E-state index is 5.64. The number of benzene rings is 1. The highest BCUT2D eigenvalue weighted by atomic mass is 32.1. The van der Waals surface area contributed by atoms with Gasteiger partial charge in [-0.3, -0.25) is 4.90 Å². The van der Waals surface area contributed by atoms with Crippen molar-refractivity contribution in [2.24, 2.45) is 0 Å². The first-order chi connectivity index (χ1) is 13.1. The lowest BCUT2D eigenvalue weighted by Gasteiger charge is -2.53. The normalized spacial score (nSPS) is 29.3. The fourth-order valence-corrected chi connectivity index (χ4v) is 5.97. The van der Waals surface area contributed by atoms with Crippen molar-refractivity contribution in [2.75, 3.05) is 5.32 Å². The molecule has 1 aliphatic carbocycles. The van der Waals surface area contributed by atoms with E-state index in [2.05, 4.69) is 47.6 Å². The van der Waals surface area contributed by atoms with Gasteiger partial charge in [0.1, 0.15) is 0 Å². The number of aryl methyl sites for hydroxylation is 2. The van der Waals surface area contributed by atoms with Crippen molar-refractivity contribution in [3.05, 3.63) is 29.3 Å². The van der Waals surface area contributed by atoms with Gasteiger partial charge in [0.2, 0.25) is 0 Å². The number of piperidine rings is 2. The van der Waals surface area contributed by atoms with Gasteiger partial charge in [-0.25, -0.2) is 0 Å². The van der Waals surface area contributed by atoms with E-state index < -0.39 is 0 Å². The van der Waals surface area contributed by atoms with E-state index in [0.717, 1.165) is 28.9 Å². The van der Waals surface area contributed by atoms with Crippen molar-refractivity contribution in [3.63, 3.8) is 0 Å². The molecule has 3 fully saturated rings. The Hall–Kier alpha value is -1.13. The van der Waals surface area contributed by atoms with E-state index in [-0.39, 0.29) is 0 Å². The molecule has 0 radical (unpaired) electrons. The van der Waals surface area contributed by atoms with E-state index in [9.17, 15) is 0 Å². The van der Waals surface area contributed by atoms with Crippen molar-refractivity contribution >= 4 is 23.0 Å². The summed E-state index contributed by atoms with van der Waals surface area (Å²) < 4.78 is 0. The van der Waals surface area contributed by atoms with E-state index in [1.807, 2.05) is 0 Å². The van der Waals surface area contributed by atoms with E-state index in [0.29, 0.717) is 6.04 Å². The molecule has 0 unspecified atom stereocenters. The number of rotatable bonds is 3. The van der Waals surface area contributed by atoms with E-state index in [1.54, 1.807) is 0 Å². The highest BCUT2D eigenvalue weighted by Crippen LogP contribution is 2.39. The van der Waals surface area contributed by atoms with Crippen LogP contribution < -0.4 is 10.6 Å². The van der Waals surface area contributed by atoms with Crippen LogP contribution in [0.5, 0.6) is 0 Å². The van der Waals surface area contributed by atoms with E-state index in [4.69, 9.17) is 12.2 Å². The molecule has 27 heavy (non-hydrogen) atoms. The Morgan fingerprint density at radius 2 is 1.56 bits per heavy atom. The third-order valence-electron chi connectivity index (χ3n) is 7.13. The lowest BCUT2D eigenvalue weighted by molar-refractivity contribution is -0.0195. The first-order valence-electron chi connectivity index (χ1n) is 11.0. The van der Waals surface area contributed by atoms with Crippen LogP contribution in [-0.4, -0.2) is 34.2 Å². The van der Waals surface area contributed by atoms with Gasteiger partial charge in [0.05, 0.1) is 0 Å². The molecule has 148 valence electrons. The van der Waals surface area contributed by atoms with Crippen LogP contribution in [0.1, 0.15) is 75.3 Å². The van der Waals surface area contributed by atoms with Crippen LogP contribution in [-0.2, 0) is 0 Å². The minimum atomic E-state index is 0.520. The number of fused-ring (bicyclic) bond motifs is 2. The predicted octanol–water partition coefficient (Wildman–Crippen LogP) is 5.31. The molecule has 1 aromatic carbocycles. The number of nitrogens with zero attached hydrogens (tertiary/aromatic N) is 1. The number of thiocarbonyl (C=S) groups is 1. The Bertz CT molecular complexity index is 654. The summed E-state index contributed by atoms with van der Waals surface area (Å²) in [7, 11) is 0. The van der Waals surface area contributed by atoms with Gasteiger partial charge in [-0.1, -0.05) is 31.7 Å². The smallest absolute Gasteiger partial charge is 0.170 e. The van der Waals surface area contributed by atoms with Crippen molar-refractivity contribution < 1.29 is 0 Å². The second-order valence-electron chi connectivity index (χ2n) is 9.04. The number of hydrogen-bond acceptors (Lipinski definition) is 2. The summed E-state index contributed by atoms with van der Waals surface area (Å²) >= 11 is 5.64. The van der Waals surface area contributed by atoms with Crippen LogP contribution in [0.15, 0.2) is 18.2 Å². The van der Waals surface area contributed by atoms with Gasteiger partial charge in [0.15, 0.2) is 5.11 Å². The van der Waals surface area contributed by atoms with Gasteiger partial charge in [0, 0.05) is 29.9 Å². The van der Waals surface area contributed by atoms with Gasteiger partial charge < -0.3 is 10.6 Å². The van der Waals surface area contributed by atoms with Crippen molar-refractivity contribution in [1.82, 2.24) is 10.2 Å². The zero-order chi connectivity index (χ0) is 18.8. The standard InChI is InChI=1S/C23H35N3S/c1-16-11-12-18(13-17(16)2)24-23(27)25-19-14-21-9-6-10-22(15-19)26(21)20-7-4-3-5-8-20/h11-13,19-22H,3-10,14-15H2,1-2H3,(H2,24,25,27)/t21-,22-/m1/s1. The molecular weight excluding hydrogens is 350 g/mol. The summed E-state index contributed by atoms with van der Waals surface area (Å²) in [6, 6.07) is 9.38. The lowest BCUT2D eigenvalue weighted by atomic mass is 9.78. The summed E-state index contributed by atoms with van der Waals surface area (Å²) in [5, 5.41) is 7.84. The molecule has 2 N–H and O–H groups in total. The average molecular weight is 386 g/mol. The quantitative estimate of drug-likeness (QED) is 0.690. The van der Waals surface area contributed by atoms with Crippen LogP contribution in [0.3, 0.4) is 0 Å². The SMILES string of the molecule is Cc1ccc(NC(=S)NC2C[C@H]3CCC[C@H](C2)N3C2CCCCC2)cc1C. The molecule has 1 saturated carbocycles. The largest absolute Gasteiger partial charge is 0.360 e. The highest BCUT2D eigenvalue weighted by Gasteiger charge is 2.41. The number of anilines is 1. The molecule has 2 saturated heterocycles. The van der Waals surface area contributed by atoms with Gasteiger partial charge >= 0.3 is 0 Å². The Balaban J connectivity index is 1.35. The summed E-state index contributed by atoms with van der Waals surface area (Å²) in [5.41, 5.74) is 3.72. The van der Waals surface area contributed by atoms with Crippen LogP contribution in [0.4, 0.5) is 5.69 Å². The highest BCUT2D eigenvalue weighted by molar-refractivity contribution is 7.80. The number of hydrogen-bond donors (Lipinski definition) is 2. The zero-order valence-electron chi connectivity index (χ0n) is 17.0. The molecule has 4 heteroatoms. The topological polar surface area (TPSA) is 27.3 Å². The maximum Gasteiger partial charge on any atom is 0.170 e. The van der Waals surface area contributed by atoms with Gasteiger partial charge in [-0.15, -0.1) is 0 Å². The Morgan fingerprint density at radius 1 is 0.889 bits per heavy atom. The van der Waals surface area contributed by atoms with E-state index in [1.165, 1.54) is 75.3 Å². The molecule has 4 rings (SSSR count). The zero-order valence-corrected chi connectivity index (χ0v) is 17.8.